The minimum Gasteiger partial charge on any atom is -0.335 e. The summed E-state index contributed by atoms with van der Waals surface area (Å²) in [5.41, 5.74) is 7.05. The highest BCUT2D eigenvalue weighted by Gasteiger charge is 2.23. The van der Waals surface area contributed by atoms with Gasteiger partial charge >= 0.3 is 0 Å². The minimum atomic E-state index is -0.0229. The fraction of sp³-hybridized carbons (Fsp3) is 0.467. The highest BCUT2D eigenvalue weighted by Crippen LogP contribution is 2.19. The van der Waals surface area contributed by atoms with Gasteiger partial charge in [0.25, 0.3) is 5.91 Å². The van der Waals surface area contributed by atoms with Crippen molar-refractivity contribution < 1.29 is 4.79 Å². The number of para-hydroxylation sites is 1. The maximum absolute atomic E-state index is 12.7. The van der Waals surface area contributed by atoms with E-state index < -0.39 is 0 Å². The molecule has 1 aromatic heterocycles. The second kappa shape index (κ2) is 6.05. The van der Waals surface area contributed by atoms with Crippen LogP contribution in [-0.4, -0.2) is 39.7 Å². The first kappa shape index (κ1) is 14.5. The van der Waals surface area contributed by atoms with Crippen LogP contribution in [0.2, 0.25) is 0 Å². The van der Waals surface area contributed by atoms with E-state index in [1.165, 1.54) is 0 Å². The third-order valence-electron chi connectivity index (χ3n) is 3.45. The van der Waals surface area contributed by atoms with Gasteiger partial charge in [-0.1, -0.05) is 18.2 Å². The molecule has 0 aliphatic carbocycles. The summed E-state index contributed by atoms with van der Waals surface area (Å²) in [5.74, 6) is -0.0229. The fourth-order valence-corrected chi connectivity index (χ4v) is 2.36. The van der Waals surface area contributed by atoms with Crippen molar-refractivity contribution in [2.24, 2.45) is 12.8 Å². The van der Waals surface area contributed by atoms with Crippen molar-refractivity contribution in [2.75, 3.05) is 13.1 Å². The largest absolute Gasteiger partial charge is 0.335 e. The molecule has 0 aliphatic heterocycles. The number of aromatic nitrogens is 2. The van der Waals surface area contributed by atoms with Crippen LogP contribution >= 0.6 is 0 Å². The zero-order chi connectivity index (χ0) is 14.7. The Morgan fingerprint density at radius 2 is 2.10 bits per heavy atom. The Hall–Kier alpha value is -1.88. The molecular weight excluding hydrogens is 252 g/mol. The van der Waals surface area contributed by atoms with E-state index in [0.29, 0.717) is 18.8 Å². The number of rotatable bonds is 5. The molecule has 5 nitrogen and oxygen atoms in total. The number of fused-ring (bicyclic) bond motifs is 1. The molecule has 2 N–H and O–H groups in total. The maximum Gasteiger partial charge on any atom is 0.275 e. The van der Waals surface area contributed by atoms with E-state index in [1.807, 2.05) is 50.1 Å². The smallest absolute Gasteiger partial charge is 0.275 e. The van der Waals surface area contributed by atoms with Gasteiger partial charge in [-0.2, -0.15) is 5.10 Å². The van der Waals surface area contributed by atoms with Gasteiger partial charge in [-0.15, -0.1) is 0 Å². The standard InChI is InChI=1S/C15H22N4O/c1-11(2)19(10-6-9-16)15(20)14-12-7-4-5-8-13(12)18(3)17-14/h4-5,7-8,11H,6,9-10,16H2,1-3H3. The Kier molecular flexibility index (Phi) is 4.39. The number of nitrogens with zero attached hydrogens (tertiary/aromatic N) is 3. The van der Waals surface area contributed by atoms with Gasteiger partial charge in [-0.05, 0) is 32.9 Å². The van der Waals surface area contributed by atoms with Gasteiger partial charge in [0, 0.05) is 25.0 Å². The van der Waals surface area contributed by atoms with Gasteiger partial charge in [0.2, 0.25) is 0 Å². The molecule has 5 heteroatoms. The summed E-state index contributed by atoms with van der Waals surface area (Å²) < 4.78 is 1.75. The summed E-state index contributed by atoms with van der Waals surface area (Å²) in [6.07, 6.45) is 0.800. The SMILES string of the molecule is CC(C)N(CCCN)C(=O)c1nn(C)c2ccccc12. The number of amides is 1. The average Bonchev–Trinajstić information content (AvgIpc) is 2.77. The molecule has 2 rings (SSSR count). The van der Waals surface area contributed by atoms with E-state index in [1.54, 1.807) is 4.68 Å². The second-order valence-corrected chi connectivity index (χ2v) is 5.22. The summed E-state index contributed by atoms with van der Waals surface area (Å²) in [7, 11) is 1.86. The summed E-state index contributed by atoms with van der Waals surface area (Å²) in [5, 5.41) is 5.30. The zero-order valence-corrected chi connectivity index (χ0v) is 12.3. The van der Waals surface area contributed by atoms with Crippen LogP contribution < -0.4 is 5.73 Å². The van der Waals surface area contributed by atoms with Crippen molar-refractivity contribution in [2.45, 2.75) is 26.3 Å². The zero-order valence-electron chi connectivity index (χ0n) is 12.3. The molecule has 0 spiro atoms. The van der Waals surface area contributed by atoms with Crippen LogP contribution in [0.25, 0.3) is 10.9 Å². The highest BCUT2D eigenvalue weighted by atomic mass is 16.2. The maximum atomic E-state index is 12.7. The molecular formula is C15H22N4O. The van der Waals surface area contributed by atoms with Gasteiger partial charge < -0.3 is 10.6 Å². The predicted octanol–water partition coefficient (Wildman–Crippen LogP) is 1.77. The predicted molar refractivity (Wildman–Crippen MR) is 80.6 cm³/mol. The van der Waals surface area contributed by atoms with Crippen LogP contribution in [0.1, 0.15) is 30.8 Å². The first-order chi connectivity index (χ1) is 9.56. The molecule has 0 saturated heterocycles. The summed E-state index contributed by atoms with van der Waals surface area (Å²) in [4.78, 5) is 14.6. The van der Waals surface area contributed by atoms with Crippen LogP contribution in [0.3, 0.4) is 0 Å². The van der Waals surface area contributed by atoms with Crippen molar-refractivity contribution in [3.8, 4) is 0 Å². The third-order valence-corrected chi connectivity index (χ3v) is 3.45. The van der Waals surface area contributed by atoms with Crippen molar-refractivity contribution in [3.63, 3.8) is 0 Å². The number of nitrogens with two attached hydrogens (primary N) is 1. The van der Waals surface area contributed by atoms with Crippen molar-refractivity contribution >= 4 is 16.8 Å². The van der Waals surface area contributed by atoms with Gasteiger partial charge in [-0.3, -0.25) is 9.48 Å². The minimum absolute atomic E-state index is 0.0229. The number of carbonyl (C=O) groups excluding carboxylic acids is 1. The summed E-state index contributed by atoms with van der Waals surface area (Å²) in [6, 6.07) is 7.93. The number of hydrogen-bond donors (Lipinski definition) is 1. The number of benzene rings is 1. The Morgan fingerprint density at radius 3 is 2.75 bits per heavy atom. The third kappa shape index (κ3) is 2.67. The molecule has 108 valence electrons. The van der Waals surface area contributed by atoms with Gasteiger partial charge in [0.05, 0.1) is 5.52 Å². The van der Waals surface area contributed by atoms with Gasteiger partial charge in [0.1, 0.15) is 0 Å². The van der Waals surface area contributed by atoms with Crippen molar-refractivity contribution in [1.82, 2.24) is 14.7 Å². The normalized spacial score (nSPS) is 11.2. The van der Waals surface area contributed by atoms with E-state index >= 15 is 0 Å². The van der Waals surface area contributed by atoms with Crippen LogP contribution in [0.4, 0.5) is 0 Å². The Morgan fingerprint density at radius 1 is 1.40 bits per heavy atom. The summed E-state index contributed by atoms with van der Waals surface area (Å²) in [6.45, 7) is 5.27. The number of hydrogen-bond acceptors (Lipinski definition) is 3. The highest BCUT2D eigenvalue weighted by molar-refractivity contribution is 6.04. The molecule has 0 fully saturated rings. The molecule has 0 saturated carbocycles. The lowest BCUT2D eigenvalue weighted by atomic mass is 10.1. The molecule has 20 heavy (non-hydrogen) atoms. The molecule has 0 aliphatic rings. The molecule has 1 aromatic carbocycles. The molecule has 0 unspecified atom stereocenters. The molecule has 1 heterocycles. The Balaban J connectivity index is 2.39. The summed E-state index contributed by atoms with van der Waals surface area (Å²) >= 11 is 0. The monoisotopic (exact) mass is 274 g/mol. The molecule has 0 radical (unpaired) electrons. The Bertz CT molecular complexity index is 603. The first-order valence-electron chi connectivity index (χ1n) is 6.99. The second-order valence-electron chi connectivity index (χ2n) is 5.22. The van der Waals surface area contributed by atoms with Gasteiger partial charge in [0.15, 0.2) is 5.69 Å². The Labute approximate surface area is 119 Å². The van der Waals surface area contributed by atoms with Crippen molar-refractivity contribution in [1.29, 1.82) is 0 Å². The fourth-order valence-electron chi connectivity index (χ4n) is 2.36. The van der Waals surface area contributed by atoms with Crippen LogP contribution in [0.15, 0.2) is 24.3 Å². The number of carbonyl (C=O) groups is 1. The lowest BCUT2D eigenvalue weighted by Crippen LogP contribution is -2.38. The topological polar surface area (TPSA) is 64.2 Å². The lowest BCUT2D eigenvalue weighted by Gasteiger charge is -2.25. The van der Waals surface area contributed by atoms with Crippen LogP contribution in [-0.2, 0) is 7.05 Å². The van der Waals surface area contributed by atoms with E-state index in [2.05, 4.69) is 5.10 Å². The molecule has 2 aromatic rings. The lowest BCUT2D eigenvalue weighted by molar-refractivity contribution is 0.0700. The average molecular weight is 274 g/mol. The van der Waals surface area contributed by atoms with Crippen LogP contribution in [0, 0.1) is 0 Å². The van der Waals surface area contributed by atoms with Gasteiger partial charge in [-0.25, -0.2) is 0 Å². The van der Waals surface area contributed by atoms with Crippen LogP contribution in [0.5, 0.6) is 0 Å². The van der Waals surface area contributed by atoms with E-state index in [4.69, 9.17) is 5.73 Å². The molecule has 0 bridgehead atoms. The van der Waals surface area contributed by atoms with E-state index in [-0.39, 0.29) is 11.9 Å². The van der Waals surface area contributed by atoms with E-state index in [0.717, 1.165) is 17.3 Å². The van der Waals surface area contributed by atoms with E-state index in [9.17, 15) is 4.79 Å². The molecule has 0 atom stereocenters. The molecule has 1 amide bonds. The number of aryl methyl sites for hydroxylation is 1. The van der Waals surface area contributed by atoms with Crippen molar-refractivity contribution in [3.05, 3.63) is 30.0 Å². The first-order valence-corrected chi connectivity index (χ1v) is 6.99. The quantitative estimate of drug-likeness (QED) is 0.903.